The molecule has 2 N–H and O–H groups in total. The number of hydrogen-bond acceptors (Lipinski definition) is 7. The standard InChI is InChI=1S/C39H41N3O7/c1-25-34(27-13-3-2-4-14-27)48-38(47)32-30(16-7-8-17-31(44)40-25)49-39-20-11-22-41(29-19-18-26-12-5-6-15-28(26)24-29)37(46)35(39)42(21-9-10-23-43)36(45)33(32)39/h2-7,11-16,18-20,24-25,30,32-35,43H,8-10,17,21-23H2,1H3,(H,40,44)/b16-7-/t25-,30-,32+,33+,34+,35-,39+/m0/s1. The topological polar surface area (TPSA) is 125 Å². The van der Waals surface area contributed by atoms with Gasteiger partial charge in [0.2, 0.25) is 11.8 Å². The van der Waals surface area contributed by atoms with E-state index in [0.29, 0.717) is 30.5 Å². The minimum atomic E-state index is -1.44. The first-order chi connectivity index (χ1) is 23.8. The third-order valence-electron chi connectivity index (χ3n) is 10.2. The molecule has 4 heterocycles. The van der Waals surface area contributed by atoms with Gasteiger partial charge in [0.1, 0.15) is 23.7 Å². The van der Waals surface area contributed by atoms with E-state index in [1.54, 1.807) is 35.0 Å². The Morgan fingerprint density at radius 1 is 0.918 bits per heavy atom. The molecule has 4 aliphatic heterocycles. The van der Waals surface area contributed by atoms with Gasteiger partial charge in [-0.25, -0.2) is 0 Å². The number of aliphatic hydroxyl groups is 1. The molecule has 0 aliphatic carbocycles. The molecule has 10 nitrogen and oxygen atoms in total. The van der Waals surface area contributed by atoms with E-state index in [0.717, 1.165) is 10.8 Å². The second-order valence-electron chi connectivity index (χ2n) is 13.3. The van der Waals surface area contributed by atoms with Gasteiger partial charge >= 0.3 is 5.97 Å². The first-order valence-electron chi connectivity index (χ1n) is 17.1. The predicted molar refractivity (Wildman–Crippen MR) is 183 cm³/mol. The number of likely N-dealkylation sites (tertiary alicyclic amines) is 1. The van der Waals surface area contributed by atoms with Gasteiger partial charge in [0, 0.05) is 31.8 Å². The van der Waals surface area contributed by atoms with Gasteiger partial charge in [-0.2, -0.15) is 0 Å². The van der Waals surface area contributed by atoms with Crippen molar-refractivity contribution in [1.82, 2.24) is 10.2 Å². The molecule has 0 aromatic heterocycles. The van der Waals surface area contributed by atoms with Gasteiger partial charge in [-0.3, -0.25) is 19.2 Å². The first kappa shape index (κ1) is 32.7. The molecule has 4 aliphatic rings. The quantitative estimate of drug-likeness (QED) is 0.230. The number of nitrogens with zero attached hydrogens (tertiary/aromatic N) is 2. The number of carbonyl (C=O) groups is 4. The monoisotopic (exact) mass is 663 g/mol. The largest absolute Gasteiger partial charge is 0.455 e. The number of fused-ring (bicyclic) bond motifs is 3. The van der Waals surface area contributed by atoms with Crippen molar-refractivity contribution in [2.75, 3.05) is 24.6 Å². The Bertz CT molecular complexity index is 1810. The van der Waals surface area contributed by atoms with Crippen molar-refractivity contribution >= 4 is 40.2 Å². The van der Waals surface area contributed by atoms with Gasteiger partial charge in [0.25, 0.3) is 5.91 Å². The zero-order valence-electron chi connectivity index (χ0n) is 27.4. The lowest BCUT2D eigenvalue weighted by molar-refractivity contribution is -0.161. The van der Waals surface area contributed by atoms with E-state index in [1.165, 1.54) is 0 Å². The number of unbranched alkanes of at least 4 members (excludes halogenated alkanes) is 1. The number of amides is 3. The van der Waals surface area contributed by atoms with E-state index < -0.39 is 47.7 Å². The Balaban J connectivity index is 1.30. The van der Waals surface area contributed by atoms with Crippen molar-refractivity contribution in [3.8, 4) is 0 Å². The zero-order valence-corrected chi connectivity index (χ0v) is 27.4. The fourth-order valence-corrected chi connectivity index (χ4v) is 7.91. The van der Waals surface area contributed by atoms with Crippen LogP contribution in [-0.4, -0.2) is 77.2 Å². The molecule has 254 valence electrons. The Morgan fingerprint density at radius 3 is 2.49 bits per heavy atom. The van der Waals surface area contributed by atoms with Gasteiger partial charge in [0.15, 0.2) is 0 Å². The van der Waals surface area contributed by atoms with Crippen LogP contribution >= 0.6 is 0 Å². The predicted octanol–water partition coefficient (Wildman–Crippen LogP) is 4.24. The van der Waals surface area contributed by atoms with Crippen LogP contribution in [0.1, 0.15) is 44.3 Å². The van der Waals surface area contributed by atoms with Crippen molar-refractivity contribution < 1.29 is 33.8 Å². The Labute approximate surface area is 285 Å². The molecule has 7 rings (SSSR count). The average Bonchev–Trinajstić information content (AvgIpc) is 3.49. The number of nitrogens with one attached hydrogen (secondary N) is 1. The number of cyclic esters (lactones) is 1. The molecule has 0 bridgehead atoms. The van der Waals surface area contributed by atoms with E-state index in [-0.39, 0.29) is 43.8 Å². The van der Waals surface area contributed by atoms with E-state index in [9.17, 15) is 24.3 Å². The highest BCUT2D eigenvalue weighted by atomic mass is 16.6. The molecule has 1 spiro atoms. The van der Waals surface area contributed by atoms with Gasteiger partial charge in [-0.1, -0.05) is 85.0 Å². The van der Waals surface area contributed by atoms with Gasteiger partial charge in [-0.15, -0.1) is 0 Å². The number of ether oxygens (including phenoxy) is 2. The maximum absolute atomic E-state index is 14.8. The molecule has 10 heteroatoms. The van der Waals surface area contributed by atoms with Crippen LogP contribution in [0.15, 0.2) is 97.1 Å². The summed E-state index contributed by atoms with van der Waals surface area (Å²) in [4.78, 5) is 59.9. The van der Waals surface area contributed by atoms with Crippen molar-refractivity contribution in [2.24, 2.45) is 11.8 Å². The number of aliphatic hydroxyl groups excluding tert-OH is 1. The third kappa shape index (κ3) is 5.93. The number of benzene rings is 3. The average molecular weight is 664 g/mol. The summed E-state index contributed by atoms with van der Waals surface area (Å²) in [7, 11) is 0. The summed E-state index contributed by atoms with van der Waals surface area (Å²) in [5, 5.41) is 14.6. The van der Waals surface area contributed by atoms with E-state index >= 15 is 0 Å². The van der Waals surface area contributed by atoms with Crippen LogP contribution in [0.2, 0.25) is 0 Å². The van der Waals surface area contributed by atoms with E-state index in [1.807, 2.05) is 78.9 Å². The molecule has 3 aromatic rings. The van der Waals surface area contributed by atoms with Gasteiger partial charge < -0.3 is 29.7 Å². The molecule has 3 aromatic carbocycles. The van der Waals surface area contributed by atoms with Crippen LogP contribution in [0.4, 0.5) is 5.69 Å². The number of carbonyl (C=O) groups excluding carboxylic acids is 4. The van der Waals surface area contributed by atoms with Crippen LogP contribution in [0.3, 0.4) is 0 Å². The highest BCUT2D eigenvalue weighted by Crippen LogP contribution is 2.53. The molecule has 7 atom stereocenters. The Hall–Kier alpha value is -4.80. The maximum atomic E-state index is 14.8. The maximum Gasteiger partial charge on any atom is 0.313 e. The van der Waals surface area contributed by atoms with Crippen molar-refractivity contribution in [3.05, 3.63) is 103 Å². The normalized spacial score (nSPS) is 30.8. The summed E-state index contributed by atoms with van der Waals surface area (Å²) in [6, 6.07) is 21.4. The summed E-state index contributed by atoms with van der Waals surface area (Å²) in [5.41, 5.74) is -0.0460. The second-order valence-corrected chi connectivity index (χ2v) is 13.3. The number of rotatable bonds is 6. The zero-order chi connectivity index (χ0) is 34.1. The third-order valence-corrected chi connectivity index (χ3v) is 10.2. The fourth-order valence-electron chi connectivity index (χ4n) is 7.91. The van der Waals surface area contributed by atoms with Gasteiger partial charge in [0.05, 0.1) is 18.1 Å². The Kier molecular flexibility index (Phi) is 9.09. The van der Waals surface area contributed by atoms with Crippen LogP contribution < -0.4 is 10.2 Å². The summed E-state index contributed by atoms with van der Waals surface area (Å²) >= 11 is 0. The lowest BCUT2D eigenvalue weighted by Crippen LogP contribution is -2.55. The summed E-state index contributed by atoms with van der Waals surface area (Å²) in [5.74, 6) is -3.55. The highest BCUT2D eigenvalue weighted by Gasteiger charge is 2.71. The van der Waals surface area contributed by atoms with Crippen molar-refractivity contribution in [2.45, 2.75) is 62.5 Å². The van der Waals surface area contributed by atoms with E-state index in [2.05, 4.69) is 5.32 Å². The fraction of sp³-hybridized carbons (Fsp3) is 0.385. The number of allylic oxidation sites excluding steroid dienone is 1. The van der Waals surface area contributed by atoms with Crippen LogP contribution in [0.5, 0.6) is 0 Å². The molecular weight excluding hydrogens is 622 g/mol. The Morgan fingerprint density at radius 2 is 1.69 bits per heavy atom. The molecular formula is C39H41N3O7. The smallest absolute Gasteiger partial charge is 0.313 e. The second kappa shape index (κ2) is 13.6. The molecule has 0 unspecified atom stereocenters. The van der Waals surface area contributed by atoms with Crippen LogP contribution in [0.25, 0.3) is 10.8 Å². The van der Waals surface area contributed by atoms with Crippen LogP contribution in [0, 0.1) is 11.8 Å². The molecule has 49 heavy (non-hydrogen) atoms. The molecule has 2 saturated heterocycles. The first-order valence-corrected chi connectivity index (χ1v) is 17.1. The lowest BCUT2D eigenvalue weighted by Gasteiger charge is -2.35. The lowest BCUT2D eigenvalue weighted by atomic mass is 9.77. The minimum absolute atomic E-state index is 0.0494. The molecule has 3 amide bonds. The summed E-state index contributed by atoms with van der Waals surface area (Å²) in [6.45, 7) is 2.21. The minimum Gasteiger partial charge on any atom is -0.455 e. The van der Waals surface area contributed by atoms with Crippen molar-refractivity contribution in [3.63, 3.8) is 0 Å². The molecule has 0 saturated carbocycles. The molecule has 0 radical (unpaired) electrons. The number of esters is 1. The van der Waals surface area contributed by atoms with Gasteiger partial charge in [-0.05, 0) is 54.7 Å². The van der Waals surface area contributed by atoms with Crippen molar-refractivity contribution in [1.29, 1.82) is 0 Å². The van der Waals surface area contributed by atoms with Crippen LogP contribution in [-0.2, 0) is 28.7 Å². The number of anilines is 1. The highest BCUT2D eigenvalue weighted by molar-refractivity contribution is 6.06. The SMILES string of the molecule is C[C@@H]1NC(=O)CC/C=C\[C@@H]2O[C@@]34C=CCN(c5ccc6ccccc6c5)C(=O)[C@@H]3N(CCCCO)C(=O)[C@H]4[C@@H]2C(=O)O[C@H]1c1ccccc1. The molecule has 2 fully saturated rings. The summed E-state index contributed by atoms with van der Waals surface area (Å²) < 4.78 is 13.1. The number of hydrogen-bond donors (Lipinski definition) is 2. The van der Waals surface area contributed by atoms with E-state index in [4.69, 9.17) is 9.47 Å². The summed E-state index contributed by atoms with van der Waals surface area (Å²) in [6.07, 6.45) is 7.05.